The van der Waals surface area contributed by atoms with Crippen LogP contribution in [-0.2, 0) is 20.2 Å². The second kappa shape index (κ2) is 8.71. The molecule has 29 heavy (non-hydrogen) atoms. The predicted molar refractivity (Wildman–Crippen MR) is 111 cm³/mol. The molecule has 0 spiro atoms. The number of hydrogen-bond acceptors (Lipinski definition) is 5. The maximum atomic E-state index is 12.4. The molecule has 0 radical (unpaired) electrons. The normalized spacial score (nSPS) is 11.9. The topological polar surface area (TPSA) is 118 Å². The smallest absolute Gasteiger partial charge is 0.274 e. The van der Waals surface area contributed by atoms with Crippen molar-refractivity contribution >= 4 is 27.3 Å². The number of hydrogen-bond donors (Lipinski definition) is 2. The predicted octanol–water partition coefficient (Wildman–Crippen LogP) is 3.51. The maximum Gasteiger partial charge on any atom is 0.274 e. The second-order valence-corrected chi connectivity index (χ2v) is 9.44. The lowest BCUT2D eigenvalue weighted by molar-refractivity contribution is -0.385. The molecule has 0 atom stereocenters. The van der Waals surface area contributed by atoms with Crippen molar-refractivity contribution in [2.24, 2.45) is 0 Å². The summed E-state index contributed by atoms with van der Waals surface area (Å²) >= 11 is 0. The highest BCUT2D eigenvalue weighted by Crippen LogP contribution is 2.25. The average molecular weight is 420 g/mol. The molecule has 0 bridgehead atoms. The molecule has 1 amide bonds. The number of benzene rings is 2. The number of nitrogens with zero attached hydrogens (tertiary/aromatic N) is 1. The van der Waals surface area contributed by atoms with Gasteiger partial charge in [0.05, 0.1) is 21.1 Å². The lowest BCUT2D eigenvalue weighted by Crippen LogP contribution is -2.28. The van der Waals surface area contributed by atoms with Gasteiger partial charge in [0.2, 0.25) is 15.9 Å². The number of carbonyl (C=O) groups excluding carboxylic acids is 1. The summed E-state index contributed by atoms with van der Waals surface area (Å²) in [5, 5.41) is 13.5. The van der Waals surface area contributed by atoms with E-state index in [-0.39, 0.29) is 29.0 Å². The fourth-order valence-corrected chi connectivity index (χ4v) is 3.72. The zero-order chi connectivity index (χ0) is 21.8. The summed E-state index contributed by atoms with van der Waals surface area (Å²) in [6.07, 6.45) is -0.110. The number of nitro benzene ring substituents is 1. The quantitative estimate of drug-likeness (QED) is 0.526. The van der Waals surface area contributed by atoms with Crippen molar-refractivity contribution < 1.29 is 18.1 Å². The summed E-state index contributed by atoms with van der Waals surface area (Å²) in [7, 11) is -3.74. The summed E-state index contributed by atoms with van der Waals surface area (Å²) in [5.74, 6) is -0.445. The number of nitro groups is 1. The lowest BCUT2D eigenvalue weighted by atomic mass is 9.87. The molecule has 156 valence electrons. The molecule has 2 rings (SSSR count). The number of anilines is 1. The van der Waals surface area contributed by atoms with Gasteiger partial charge in [-0.15, -0.1) is 0 Å². The number of nitrogens with one attached hydrogen (secondary N) is 2. The van der Waals surface area contributed by atoms with Gasteiger partial charge in [-0.3, -0.25) is 14.9 Å². The Morgan fingerprint density at radius 1 is 1.10 bits per heavy atom. The summed E-state index contributed by atoms with van der Waals surface area (Å²) in [5.41, 5.74) is 1.50. The highest BCUT2D eigenvalue weighted by molar-refractivity contribution is 7.89. The summed E-state index contributed by atoms with van der Waals surface area (Å²) in [6.45, 7) is 7.56. The van der Waals surface area contributed by atoms with Crippen LogP contribution in [0.4, 0.5) is 11.4 Å². The van der Waals surface area contributed by atoms with E-state index in [1.165, 1.54) is 31.2 Å². The Hall–Kier alpha value is -2.78. The molecule has 0 heterocycles. The standard InChI is InChI=1S/C20H25N3O5S/c1-14-17(6-5-7-18(14)23(25)26)22-19(24)12-13-21-29(27,28)16-10-8-15(9-11-16)20(2,3)4/h5-11,21H,12-13H2,1-4H3,(H,22,24). The summed E-state index contributed by atoms with van der Waals surface area (Å²) < 4.78 is 27.2. The van der Waals surface area contributed by atoms with E-state index in [1.54, 1.807) is 18.2 Å². The van der Waals surface area contributed by atoms with E-state index in [4.69, 9.17) is 0 Å². The van der Waals surface area contributed by atoms with Crippen molar-refractivity contribution in [2.45, 2.75) is 44.4 Å². The lowest BCUT2D eigenvalue weighted by Gasteiger charge is -2.19. The van der Waals surface area contributed by atoms with Crippen LogP contribution in [0.5, 0.6) is 0 Å². The van der Waals surface area contributed by atoms with Gasteiger partial charge in [0, 0.05) is 19.0 Å². The van der Waals surface area contributed by atoms with Crippen LogP contribution in [0.25, 0.3) is 0 Å². The minimum Gasteiger partial charge on any atom is -0.326 e. The summed E-state index contributed by atoms with van der Waals surface area (Å²) in [4.78, 5) is 22.7. The molecule has 0 saturated carbocycles. The summed E-state index contributed by atoms with van der Waals surface area (Å²) in [6, 6.07) is 11.0. The van der Waals surface area contributed by atoms with Crippen LogP contribution in [0, 0.1) is 17.0 Å². The third-order valence-corrected chi connectivity index (χ3v) is 5.93. The minimum atomic E-state index is -3.74. The van der Waals surface area contributed by atoms with Gasteiger partial charge < -0.3 is 5.32 Å². The van der Waals surface area contributed by atoms with Crippen molar-refractivity contribution in [2.75, 3.05) is 11.9 Å². The van der Waals surface area contributed by atoms with E-state index in [2.05, 4.69) is 10.0 Å². The number of rotatable bonds is 7. The molecule has 8 nitrogen and oxygen atoms in total. The number of carbonyl (C=O) groups is 1. The van der Waals surface area contributed by atoms with Crippen LogP contribution < -0.4 is 10.0 Å². The van der Waals surface area contributed by atoms with Crippen molar-refractivity contribution in [3.05, 3.63) is 63.7 Å². The average Bonchev–Trinajstić information content (AvgIpc) is 2.62. The van der Waals surface area contributed by atoms with E-state index in [9.17, 15) is 23.3 Å². The molecular formula is C20H25N3O5S. The van der Waals surface area contributed by atoms with Gasteiger partial charge in [-0.05, 0) is 36.1 Å². The van der Waals surface area contributed by atoms with Crippen LogP contribution in [0.1, 0.15) is 38.3 Å². The van der Waals surface area contributed by atoms with Gasteiger partial charge in [-0.2, -0.15) is 0 Å². The Labute approximate surface area is 170 Å². The van der Waals surface area contributed by atoms with Gasteiger partial charge in [-0.25, -0.2) is 13.1 Å². The van der Waals surface area contributed by atoms with E-state index < -0.39 is 20.9 Å². The van der Waals surface area contributed by atoms with Crippen LogP contribution in [0.15, 0.2) is 47.4 Å². The minimum absolute atomic E-state index is 0.0849. The Bertz CT molecular complexity index is 1010. The highest BCUT2D eigenvalue weighted by Gasteiger charge is 2.18. The third kappa shape index (κ3) is 5.85. The largest absolute Gasteiger partial charge is 0.326 e. The molecule has 0 aromatic heterocycles. The third-order valence-electron chi connectivity index (χ3n) is 4.45. The monoisotopic (exact) mass is 419 g/mol. The molecule has 0 aliphatic carbocycles. The van der Waals surface area contributed by atoms with Crippen molar-refractivity contribution in [3.63, 3.8) is 0 Å². The molecular weight excluding hydrogens is 394 g/mol. The Kier molecular flexibility index (Phi) is 6.76. The molecule has 2 aromatic rings. The van der Waals surface area contributed by atoms with Gasteiger partial charge in [-0.1, -0.05) is 39.0 Å². The van der Waals surface area contributed by atoms with E-state index in [0.717, 1.165) is 5.56 Å². The highest BCUT2D eigenvalue weighted by atomic mass is 32.2. The zero-order valence-electron chi connectivity index (χ0n) is 16.9. The van der Waals surface area contributed by atoms with Gasteiger partial charge >= 0.3 is 0 Å². The van der Waals surface area contributed by atoms with E-state index in [0.29, 0.717) is 11.3 Å². The fraction of sp³-hybridized carbons (Fsp3) is 0.350. The number of amides is 1. The molecule has 0 aliphatic heterocycles. The van der Waals surface area contributed by atoms with Crippen molar-refractivity contribution in [1.29, 1.82) is 0 Å². The SMILES string of the molecule is Cc1c(NC(=O)CCNS(=O)(=O)c2ccc(C(C)(C)C)cc2)cccc1[N+](=O)[O-]. The molecule has 9 heteroatoms. The molecule has 0 fully saturated rings. The van der Waals surface area contributed by atoms with Crippen molar-refractivity contribution in [3.8, 4) is 0 Å². The molecule has 0 aliphatic rings. The molecule has 0 saturated heterocycles. The second-order valence-electron chi connectivity index (χ2n) is 7.68. The van der Waals surface area contributed by atoms with Crippen LogP contribution in [0.2, 0.25) is 0 Å². The van der Waals surface area contributed by atoms with Crippen LogP contribution in [0.3, 0.4) is 0 Å². The fourth-order valence-electron chi connectivity index (χ4n) is 2.69. The first kappa shape index (κ1) is 22.5. The number of sulfonamides is 1. The Morgan fingerprint density at radius 3 is 2.28 bits per heavy atom. The van der Waals surface area contributed by atoms with Gasteiger partial charge in [0.15, 0.2) is 0 Å². The first-order valence-corrected chi connectivity index (χ1v) is 10.5. The van der Waals surface area contributed by atoms with Gasteiger partial charge in [0.25, 0.3) is 5.69 Å². The van der Waals surface area contributed by atoms with Crippen LogP contribution >= 0.6 is 0 Å². The zero-order valence-corrected chi connectivity index (χ0v) is 17.7. The maximum absolute atomic E-state index is 12.4. The first-order chi connectivity index (χ1) is 13.4. The first-order valence-electron chi connectivity index (χ1n) is 9.06. The molecule has 2 aromatic carbocycles. The van der Waals surface area contributed by atoms with E-state index in [1.807, 2.05) is 20.8 Å². The Balaban J connectivity index is 1.96. The van der Waals surface area contributed by atoms with Gasteiger partial charge in [0.1, 0.15) is 0 Å². The van der Waals surface area contributed by atoms with Crippen molar-refractivity contribution in [1.82, 2.24) is 4.72 Å². The molecule has 2 N–H and O–H groups in total. The van der Waals surface area contributed by atoms with E-state index >= 15 is 0 Å². The molecule has 0 unspecified atom stereocenters. The van der Waals surface area contributed by atoms with Crippen LogP contribution in [-0.4, -0.2) is 25.8 Å². The Morgan fingerprint density at radius 2 is 1.72 bits per heavy atom.